The number of fused-ring (bicyclic) bond motifs is 1. The van der Waals surface area contributed by atoms with E-state index in [0.717, 1.165) is 48.2 Å². The molecule has 1 saturated carbocycles. The van der Waals surface area contributed by atoms with Crippen LogP contribution >= 0.6 is 0 Å². The molecule has 2 aromatic carbocycles. The van der Waals surface area contributed by atoms with Crippen molar-refractivity contribution in [2.75, 3.05) is 19.6 Å². The molecule has 1 atom stereocenters. The average Bonchev–Trinajstić information content (AvgIpc) is 3.38. The Bertz CT molecular complexity index is 735. The number of likely N-dealkylation sites (tertiary alicyclic amines) is 1. The van der Waals surface area contributed by atoms with Crippen molar-refractivity contribution in [2.45, 2.75) is 25.7 Å². The molecule has 3 heteroatoms. The minimum Gasteiger partial charge on any atom is -0.507 e. The highest BCUT2D eigenvalue weighted by Gasteiger charge is 2.30. The second kappa shape index (κ2) is 5.97. The van der Waals surface area contributed by atoms with Crippen LogP contribution in [-0.4, -0.2) is 35.4 Å². The van der Waals surface area contributed by atoms with E-state index in [0.29, 0.717) is 0 Å². The van der Waals surface area contributed by atoms with Crippen LogP contribution in [0.4, 0.5) is 0 Å². The van der Waals surface area contributed by atoms with Crippen molar-refractivity contribution >= 4 is 16.6 Å². The van der Waals surface area contributed by atoms with E-state index in [9.17, 15) is 9.90 Å². The molecule has 0 amide bonds. The Morgan fingerprint density at radius 1 is 1.17 bits per heavy atom. The summed E-state index contributed by atoms with van der Waals surface area (Å²) in [5.41, 5.74) is 0.779. The van der Waals surface area contributed by atoms with Crippen LogP contribution in [0.25, 0.3) is 10.8 Å². The summed E-state index contributed by atoms with van der Waals surface area (Å²) in [6.45, 7) is 3.23. The summed E-state index contributed by atoms with van der Waals surface area (Å²) >= 11 is 0. The van der Waals surface area contributed by atoms with E-state index in [1.807, 2.05) is 30.3 Å². The van der Waals surface area contributed by atoms with Gasteiger partial charge in [-0.3, -0.25) is 4.79 Å². The molecule has 0 bridgehead atoms. The molecule has 4 rings (SSSR count). The minimum absolute atomic E-state index is 0.122. The van der Waals surface area contributed by atoms with Gasteiger partial charge in [0.15, 0.2) is 5.78 Å². The van der Waals surface area contributed by atoms with Crippen molar-refractivity contribution in [3.63, 3.8) is 0 Å². The van der Waals surface area contributed by atoms with Crippen LogP contribution in [0.3, 0.4) is 0 Å². The number of aromatic hydroxyl groups is 1. The van der Waals surface area contributed by atoms with E-state index in [1.165, 1.54) is 19.4 Å². The van der Waals surface area contributed by atoms with E-state index in [4.69, 9.17) is 0 Å². The maximum absolute atomic E-state index is 12.9. The highest BCUT2D eigenvalue weighted by atomic mass is 16.3. The van der Waals surface area contributed by atoms with Crippen LogP contribution in [0.5, 0.6) is 5.75 Å². The van der Waals surface area contributed by atoms with Crippen molar-refractivity contribution in [3.05, 3.63) is 42.0 Å². The average molecular weight is 309 g/mol. The Kier molecular flexibility index (Phi) is 3.82. The number of nitrogens with zero attached hydrogens (tertiary/aromatic N) is 1. The lowest BCUT2D eigenvalue weighted by molar-refractivity contribution is 0.0815. The van der Waals surface area contributed by atoms with Crippen LogP contribution in [0, 0.1) is 11.8 Å². The summed E-state index contributed by atoms with van der Waals surface area (Å²) in [5, 5.41) is 11.6. The molecule has 23 heavy (non-hydrogen) atoms. The first-order chi connectivity index (χ1) is 11.2. The van der Waals surface area contributed by atoms with Crippen molar-refractivity contribution in [1.29, 1.82) is 0 Å². The zero-order valence-electron chi connectivity index (χ0n) is 13.4. The molecule has 1 unspecified atom stereocenters. The Hall–Kier alpha value is -1.87. The van der Waals surface area contributed by atoms with Gasteiger partial charge in [0.05, 0.1) is 0 Å². The lowest BCUT2D eigenvalue weighted by atomic mass is 9.89. The fourth-order valence-electron chi connectivity index (χ4n) is 3.76. The van der Waals surface area contributed by atoms with Crippen LogP contribution in [0.2, 0.25) is 0 Å². The SMILES string of the molecule is O=C(c1ccc2c(O)cccc2c1)C1CCCN(CC2CC2)C1. The largest absolute Gasteiger partial charge is 0.507 e. The monoisotopic (exact) mass is 309 g/mol. The van der Waals surface area contributed by atoms with Gasteiger partial charge in [-0.1, -0.05) is 18.2 Å². The number of piperidine rings is 1. The van der Waals surface area contributed by atoms with Crippen LogP contribution < -0.4 is 0 Å². The summed E-state index contributed by atoms with van der Waals surface area (Å²) in [7, 11) is 0. The van der Waals surface area contributed by atoms with Gasteiger partial charge < -0.3 is 10.0 Å². The molecule has 2 fully saturated rings. The molecule has 2 aromatic rings. The fraction of sp³-hybridized carbons (Fsp3) is 0.450. The second-order valence-electron chi connectivity index (χ2n) is 7.12. The van der Waals surface area contributed by atoms with E-state index >= 15 is 0 Å². The van der Waals surface area contributed by atoms with E-state index in [2.05, 4.69) is 4.90 Å². The molecule has 1 aliphatic heterocycles. The smallest absolute Gasteiger partial charge is 0.167 e. The highest BCUT2D eigenvalue weighted by Crippen LogP contribution is 2.32. The van der Waals surface area contributed by atoms with Gasteiger partial charge in [0.1, 0.15) is 5.75 Å². The van der Waals surface area contributed by atoms with Gasteiger partial charge in [-0.25, -0.2) is 0 Å². The summed E-state index contributed by atoms with van der Waals surface area (Å²) < 4.78 is 0. The topological polar surface area (TPSA) is 40.5 Å². The first kappa shape index (κ1) is 14.7. The number of hydrogen-bond acceptors (Lipinski definition) is 3. The van der Waals surface area contributed by atoms with Gasteiger partial charge >= 0.3 is 0 Å². The first-order valence-corrected chi connectivity index (χ1v) is 8.69. The molecule has 0 radical (unpaired) electrons. The van der Waals surface area contributed by atoms with Crippen LogP contribution in [-0.2, 0) is 0 Å². The zero-order chi connectivity index (χ0) is 15.8. The lowest BCUT2D eigenvalue weighted by Crippen LogP contribution is -2.39. The van der Waals surface area contributed by atoms with Crippen molar-refractivity contribution in [1.82, 2.24) is 4.90 Å². The number of phenolic OH excluding ortho intramolecular Hbond substituents is 1. The number of phenols is 1. The minimum atomic E-state index is 0.122. The van der Waals surface area contributed by atoms with E-state index < -0.39 is 0 Å². The third-order valence-electron chi connectivity index (χ3n) is 5.23. The number of carbonyl (C=O) groups is 1. The molecule has 120 valence electrons. The van der Waals surface area contributed by atoms with E-state index in [1.54, 1.807) is 6.07 Å². The Balaban J connectivity index is 1.53. The zero-order valence-corrected chi connectivity index (χ0v) is 13.4. The number of rotatable bonds is 4. The second-order valence-corrected chi connectivity index (χ2v) is 7.12. The van der Waals surface area contributed by atoms with Crippen LogP contribution in [0.1, 0.15) is 36.0 Å². The van der Waals surface area contributed by atoms with Gasteiger partial charge in [-0.15, -0.1) is 0 Å². The summed E-state index contributed by atoms with van der Waals surface area (Å²) in [6, 6.07) is 11.1. The summed E-state index contributed by atoms with van der Waals surface area (Å²) in [5.74, 6) is 1.54. The third-order valence-corrected chi connectivity index (χ3v) is 5.23. The molecular formula is C20H23NO2. The summed E-state index contributed by atoms with van der Waals surface area (Å²) in [4.78, 5) is 15.4. The third kappa shape index (κ3) is 3.11. The number of hydrogen-bond donors (Lipinski definition) is 1. The highest BCUT2D eigenvalue weighted by molar-refractivity contribution is 6.02. The van der Waals surface area contributed by atoms with Gasteiger partial charge in [0, 0.05) is 30.0 Å². The Morgan fingerprint density at radius 2 is 2.04 bits per heavy atom. The Morgan fingerprint density at radius 3 is 2.87 bits per heavy atom. The van der Waals surface area contributed by atoms with Gasteiger partial charge in [0.25, 0.3) is 0 Å². The van der Waals surface area contributed by atoms with Gasteiger partial charge in [0.2, 0.25) is 0 Å². The van der Waals surface area contributed by atoms with Crippen molar-refractivity contribution < 1.29 is 9.90 Å². The first-order valence-electron chi connectivity index (χ1n) is 8.69. The molecule has 2 aliphatic rings. The lowest BCUT2D eigenvalue weighted by Gasteiger charge is -2.32. The fourth-order valence-corrected chi connectivity index (χ4v) is 3.76. The maximum Gasteiger partial charge on any atom is 0.167 e. The molecule has 1 aliphatic carbocycles. The molecule has 1 heterocycles. The number of benzene rings is 2. The number of Topliss-reactive ketones (excluding diaryl/α,β-unsaturated/α-hetero) is 1. The number of carbonyl (C=O) groups excluding carboxylic acids is 1. The van der Waals surface area contributed by atoms with Crippen LogP contribution in [0.15, 0.2) is 36.4 Å². The molecule has 0 aromatic heterocycles. The molecule has 3 nitrogen and oxygen atoms in total. The number of ketones is 1. The molecule has 1 saturated heterocycles. The molecule has 0 spiro atoms. The quantitative estimate of drug-likeness (QED) is 0.872. The van der Waals surface area contributed by atoms with E-state index in [-0.39, 0.29) is 17.5 Å². The predicted molar refractivity (Wildman–Crippen MR) is 91.8 cm³/mol. The molecule has 1 N–H and O–H groups in total. The normalized spacial score (nSPS) is 22.3. The predicted octanol–water partition coefficient (Wildman–Crippen LogP) is 3.85. The van der Waals surface area contributed by atoms with Crippen molar-refractivity contribution in [2.24, 2.45) is 11.8 Å². The maximum atomic E-state index is 12.9. The Labute approximate surface area is 136 Å². The molecular weight excluding hydrogens is 286 g/mol. The van der Waals surface area contributed by atoms with Gasteiger partial charge in [-0.05, 0) is 61.7 Å². The van der Waals surface area contributed by atoms with Crippen molar-refractivity contribution in [3.8, 4) is 5.75 Å². The van der Waals surface area contributed by atoms with Gasteiger partial charge in [-0.2, -0.15) is 0 Å². The standard InChI is InChI=1S/C20H23NO2/c22-19-5-1-3-15-11-16(8-9-18(15)19)20(23)17-4-2-10-21(13-17)12-14-6-7-14/h1,3,5,8-9,11,14,17,22H,2,4,6-7,10,12-13H2. The summed E-state index contributed by atoms with van der Waals surface area (Å²) in [6.07, 6.45) is 4.85.